The Bertz CT molecular complexity index is 282. The fraction of sp³-hybridized carbons (Fsp3) is 0. The third-order valence-corrected chi connectivity index (χ3v) is 1.53. The van der Waals surface area contributed by atoms with E-state index in [-0.39, 0.29) is 17.0 Å². The molecule has 1 atom stereocenters. The Morgan fingerprint density at radius 1 is 1.08 bits per heavy atom. The highest BCUT2D eigenvalue weighted by atomic mass is 79.9. The molecule has 1 aliphatic rings. The second kappa shape index (κ2) is 4.13. The number of rotatable bonds is 1. The van der Waals surface area contributed by atoms with Crippen LogP contribution < -0.4 is 22.0 Å². The number of quaternary nitrogens is 1. The van der Waals surface area contributed by atoms with Gasteiger partial charge in [-0.3, -0.25) is 0 Å². The van der Waals surface area contributed by atoms with Crippen molar-refractivity contribution in [2.24, 2.45) is 10.1 Å². The van der Waals surface area contributed by atoms with E-state index in [1.54, 1.807) is 12.7 Å². The van der Waals surface area contributed by atoms with Gasteiger partial charge in [0.25, 0.3) is 0 Å². The molecule has 0 bridgehead atoms. The molecule has 0 radical (unpaired) electrons. The molecule has 1 aromatic rings. The smallest absolute Gasteiger partial charge is 0.222 e. The Labute approximate surface area is 81.2 Å². The summed E-state index contributed by atoms with van der Waals surface area (Å²) in [5.74, 6) is 0. The van der Waals surface area contributed by atoms with E-state index in [1.807, 2.05) is 30.3 Å². The number of para-hydroxylation sites is 1. The molecule has 0 saturated heterocycles. The SMILES string of the molecule is C1=NC=N[NH+]1c1ccccc1.[Br-]. The van der Waals surface area contributed by atoms with Crippen LogP contribution in [0.5, 0.6) is 0 Å². The molecule has 1 heterocycles. The van der Waals surface area contributed by atoms with Crippen molar-refractivity contribution in [2.45, 2.75) is 0 Å². The fourth-order valence-electron chi connectivity index (χ4n) is 0.991. The second-order valence-corrected chi connectivity index (χ2v) is 2.27. The molecule has 0 aromatic heterocycles. The van der Waals surface area contributed by atoms with Crippen molar-refractivity contribution in [3.05, 3.63) is 30.3 Å². The summed E-state index contributed by atoms with van der Waals surface area (Å²) in [4.78, 5) is 3.89. The van der Waals surface area contributed by atoms with Crippen LogP contribution in [0, 0.1) is 0 Å². The van der Waals surface area contributed by atoms with E-state index >= 15 is 0 Å². The molecule has 0 saturated carbocycles. The molecular weight excluding hydrogens is 218 g/mol. The summed E-state index contributed by atoms with van der Waals surface area (Å²) in [6.45, 7) is 0. The second-order valence-electron chi connectivity index (χ2n) is 2.27. The zero-order chi connectivity index (χ0) is 7.52. The van der Waals surface area contributed by atoms with Gasteiger partial charge in [-0.05, 0) is 0 Å². The molecule has 2 rings (SSSR count). The monoisotopic (exact) mass is 225 g/mol. The van der Waals surface area contributed by atoms with Crippen LogP contribution in [-0.2, 0) is 0 Å². The van der Waals surface area contributed by atoms with E-state index in [2.05, 4.69) is 10.1 Å². The number of hydrogen-bond acceptors (Lipinski definition) is 2. The molecule has 3 nitrogen and oxygen atoms in total. The van der Waals surface area contributed by atoms with E-state index in [0.717, 1.165) is 10.7 Å². The van der Waals surface area contributed by atoms with Gasteiger partial charge in [-0.2, -0.15) is 4.99 Å². The van der Waals surface area contributed by atoms with Crippen molar-refractivity contribution in [3.8, 4) is 0 Å². The van der Waals surface area contributed by atoms with Crippen LogP contribution in [0.2, 0.25) is 0 Å². The molecule has 1 N–H and O–H groups in total. The van der Waals surface area contributed by atoms with Crippen molar-refractivity contribution in [1.29, 1.82) is 0 Å². The highest BCUT2D eigenvalue weighted by Crippen LogP contribution is 1.97. The quantitative estimate of drug-likeness (QED) is 0.535. The lowest BCUT2D eigenvalue weighted by Crippen LogP contribution is -3.00. The van der Waals surface area contributed by atoms with Crippen LogP contribution in [0.25, 0.3) is 0 Å². The van der Waals surface area contributed by atoms with Gasteiger partial charge in [0.2, 0.25) is 6.34 Å². The number of halogens is 1. The van der Waals surface area contributed by atoms with Gasteiger partial charge in [-0.1, -0.05) is 23.3 Å². The van der Waals surface area contributed by atoms with Crippen LogP contribution in [0.1, 0.15) is 0 Å². The Morgan fingerprint density at radius 2 is 1.83 bits per heavy atom. The van der Waals surface area contributed by atoms with E-state index < -0.39 is 0 Å². The predicted octanol–water partition coefficient (Wildman–Crippen LogP) is -2.81. The maximum atomic E-state index is 4.08. The Balaban J connectivity index is 0.000000720. The summed E-state index contributed by atoms with van der Waals surface area (Å²) < 4.78 is 0. The van der Waals surface area contributed by atoms with Crippen molar-refractivity contribution in [1.82, 2.24) is 0 Å². The zero-order valence-electron chi connectivity index (χ0n) is 6.31. The summed E-state index contributed by atoms with van der Waals surface area (Å²) in [5, 5.41) is 5.01. The number of aliphatic imine (C=N–C) groups is 1. The minimum absolute atomic E-state index is 0. The van der Waals surface area contributed by atoms with Crippen molar-refractivity contribution >= 4 is 18.4 Å². The third-order valence-electron chi connectivity index (χ3n) is 1.53. The largest absolute Gasteiger partial charge is 1.00 e. The van der Waals surface area contributed by atoms with Gasteiger partial charge in [-0.15, -0.1) is 5.01 Å². The minimum Gasteiger partial charge on any atom is -1.00 e. The van der Waals surface area contributed by atoms with Gasteiger partial charge in [0, 0.05) is 12.1 Å². The Morgan fingerprint density at radius 3 is 2.42 bits per heavy atom. The van der Waals surface area contributed by atoms with Gasteiger partial charge < -0.3 is 17.0 Å². The summed E-state index contributed by atoms with van der Waals surface area (Å²) in [6.07, 6.45) is 3.32. The molecule has 0 fully saturated rings. The highest BCUT2D eigenvalue weighted by molar-refractivity contribution is 5.70. The Hall–Kier alpha value is -1.00. The molecule has 0 aliphatic carbocycles. The van der Waals surface area contributed by atoms with Crippen LogP contribution in [0.15, 0.2) is 40.4 Å². The van der Waals surface area contributed by atoms with Gasteiger partial charge in [-0.25, -0.2) is 0 Å². The first-order valence-corrected chi connectivity index (χ1v) is 3.45. The number of nitrogens with one attached hydrogen (secondary N) is 1. The molecule has 1 unspecified atom stereocenters. The molecule has 0 amide bonds. The van der Waals surface area contributed by atoms with Gasteiger partial charge in [0.1, 0.15) is 0 Å². The van der Waals surface area contributed by atoms with Gasteiger partial charge >= 0.3 is 0 Å². The number of benzene rings is 1. The first-order chi connectivity index (χ1) is 5.47. The molecule has 12 heavy (non-hydrogen) atoms. The van der Waals surface area contributed by atoms with E-state index in [1.165, 1.54) is 0 Å². The van der Waals surface area contributed by atoms with E-state index in [0.29, 0.717) is 0 Å². The molecule has 4 heteroatoms. The maximum absolute atomic E-state index is 4.08. The van der Waals surface area contributed by atoms with Crippen LogP contribution in [0.4, 0.5) is 5.69 Å². The normalized spacial score (nSPS) is 19.2. The number of hydrogen-bond donors (Lipinski definition) is 1. The topological polar surface area (TPSA) is 29.2 Å². The highest BCUT2D eigenvalue weighted by Gasteiger charge is 2.09. The summed E-state index contributed by atoms with van der Waals surface area (Å²) in [7, 11) is 0. The van der Waals surface area contributed by atoms with E-state index in [9.17, 15) is 0 Å². The van der Waals surface area contributed by atoms with E-state index in [4.69, 9.17) is 0 Å². The lowest BCUT2D eigenvalue weighted by atomic mass is 10.3. The van der Waals surface area contributed by atoms with Crippen LogP contribution >= 0.6 is 0 Å². The first kappa shape index (κ1) is 9.09. The average molecular weight is 226 g/mol. The van der Waals surface area contributed by atoms with Crippen molar-refractivity contribution < 1.29 is 22.0 Å². The molecule has 0 spiro atoms. The fourth-order valence-corrected chi connectivity index (χ4v) is 0.991. The summed E-state index contributed by atoms with van der Waals surface area (Å²) in [6, 6.07) is 10.0. The van der Waals surface area contributed by atoms with Crippen LogP contribution in [0.3, 0.4) is 0 Å². The average Bonchev–Trinajstić information content (AvgIpc) is 2.58. The molecule has 1 aromatic carbocycles. The summed E-state index contributed by atoms with van der Waals surface area (Å²) >= 11 is 0. The van der Waals surface area contributed by atoms with Crippen molar-refractivity contribution in [2.75, 3.05) is 0 Å². The van der Waals surface area contributed by atoms with Crippen molar-refractivity contribution in [3.63, 3.8) is 0 Å². The predicted molar refractivity (Wildman–Crippen MR) is 44.0 cm³/mol. The first-order valence-electron chi connectivity index (χ1n) is 3.45. The van der Waals surface area contributed by atoms with Gasteiger partial charge in [0.15, 0.2) is 12.0 Å². The lowest BCUT2D eigenvalue weighted by molar-refractivity contribution is -0.727. The lowest BCUT2D eigenvalue weighted by Gasteiger charge is -1.99. The van der Waals surface area contributed by atoms with Crippen LogP contribution in [-0.4, -0.2) is 12.7 Å². The maximum Gasteiger partial charge on any atom is 0.222 e. The molecule has 62 valence electrons. The molecular formula is C8H8BrN3. The third kappa shape index (κ3) is 1.78. The minimum atomic E-state index is 0. The zero-order valence-corrected chi connectivity index (χ0v) is 7.90. The summed E-state index contributed by atoms with van der Waals surface area (Å²) in [5.41, 5.74) is 1.12. The Kier molecular flexibility index (Phi) is 3.13. The molecule has 1 aliphatic heterocycles. The van der Waals surface area contributed by atoms with Gasteiger partial charge in [0.05, 0.1) is 0 Å². The number of nitrogens with zero attached hydrogens (tertiary/aromatic N) is 2. The standard InChI is InChI=1S/C8H7N3.BrH/c1-2-4-8(5-3-1)11-7-9-6-10-11;/h1-7H;1H.